The van der Waals surface area contributed by atoms with Gasteiger partial charge in [0.05, 0.1) is 18.1 Å². The van der Waals surface area contributed by atoms with Gasteiger partial charge in [0, 0.05) is 11.7 Å². The predicted molar refractivity (Wildman–Crippen MR) is 74.7 cm³/mol. The molecule has 96 valence electrons. The van der Waals surface area contributed by atoms with Crippen molar-refractivity contribution in [3.05, 3.63) is 53.1 Å². The van der Waals surface area contributed by atoms with Crippen molar-refractivity contribution in [3.8, 4) is 0 Å². The molecule has 0 fully saturated rings. The van der Waals surface area contributed by atoms with Crippen LogP contribution in [0.25, 0.3) is 0 Å². The molecule has 2 N–H and O–H groups in total. The number of nitrogens with zero attached hydrogens (tertiary/aromatic N) is 2. The standard InChI is InChI=1S/C15H21N3/c1-10-6-5-7-14(8-10)15(11(2)16)18-9-17-12(3)13(18)4/h5-9,11,15H,16H2,1-4H3. The number of aromatic nitrogens is 2. The van der Waals surface area contributed by atoms with E-state index in [0.717, 1.165) is 5.69 Å². The van der Waals surface area contributed by atoms with E-state index >= 15 is 0 Å². The van der Waals surface area contributed by atoms with Gasteiger partial charge in [-0.3, -0.25) is 0 Å². The van der Waals surface area contributed by atoms with Gasteiger partial charge < -0.3 is 10.3 Å². The van der Waals surface area contributed by atoms with Crippen LogP contribution in [0.5, 0.6) is 0 Å². The van der Waals surface area contributed by atoms with Gasteiger partial charge >= 0.3 is 0 Å². The average molecular weight is 243 g/mol. The smallest absolute Gasteiger partial charge is 0.0957 e. The summed E-state index contributed by atoms with van der Waals surface area (Å²) in [6, 6.07) is 8.70. The molecule has 1 heterocycles. The van der Waals surface area contributed by atoms with Crippen molar-refractivity contribution in [1.82, 2.24) is 9.55 Å². The highest BCUT2D eigenvalue weighted by Gasteiger charge is 2.20. The van der Waals surface area contributed by atoms with Gasteiger partial charge in [0.15, 0.2) is 0 Å². The first-order chi connectivity index (χ1) is 8.50. The Kier molecular flexibility index (Phi) is 3.53. The zero-order chi connectivity index (χ0) is 13.3. The zero-order valence-corrected chi connectivity index (χ0v) is 11.5. The maximum atomic E-state index is 6.18. The number of rotatable bonds is 3. The molecule has 3 nitrogen and oxygen atoms in total. The zero-order valence-electron chi connectivity index (χ0n) is 11.5. The molecule has 2 aromatic rings. The van der Waals surface area contributed by atoms with E-state index in [2.05, 4.69) is 47.7 Å². The van der Waals surface area contributed by atoms with Crippen LogP contribution in [-0.4, -0.2) is 15.6 Å². The minimum atomic E-state index is 0.0408. The molecule has 3 heteroatoms. The molecule has 0 saturated heterocycles. The molecule has 0 aliphatic rings. The van der Waals surface area contributed by atoms with Crippen molar-refractivity contribution in [2.45, 2.75) is 39.8 Å². The molecule has 18 heavy (non-hydrogen) atoms. The number of imidazole rings is 1. The second-order valence-electron chi connectivity index (χ2n) is 5.04. The Labute approximate surface area is 109 Å². The Morgan fingerprint density at radius 2 is 1.94 bits per heavy atom. The maximum Gasteiger partial charge on any atom is 0.0957 e. The number of hydrogen-bond donors (Lipinski definition) is 1. The lowest BCUT2D eigenvalue weighted by Crippen LogP contribution is -2.30. The monoisotopic (exact) mass is 243 g/mol. The molecule has 0 amide bonds. The van der Waals surface area contributed by atoms with Gasteiger partial charge in [0.2, 0.25) is 0 Å². The van der Waals surface area contributed by atoms with Gasteiger partial charge in [0.25, 0.3) is 0 Å². The summed E-state index contributed by atoms with van der Waals surface area (Å²) in [5.74, 6) is 0. The van der Waals surface area contributed by atoms with Crippen molar-refractivity contribution >= 4 is 0 Å². The molecule has 0 saturated carbocycles. The van der Waals surface area contributed by atoms with Crippen LogP contribution in [0.4, 0.5) is 0 Å². The van der Waals surface area contributed by atoms with E-state index in [1.165, 1.54) is 16.8 Å². The highest BCUT2D eigenvalue weighted by Crippen LogP contribution is 2.24. The van der Waals surface area contributed by atoms with Gasteiger partial charge in [0.1, 0.15) is 0 Å². The first-order valence-corrected chi connectivity index (χ1v) is 6.33. The normalized spacial score (nSPS) is 14.5. The summed E-state index contributed by atoms with van der Waals surface area (Å²) in [5.41, 5.74) is 10.9. The van der Waals surface area contributed by atoms with Crippen molar-refractivity contribution in [3.63, 3.8) is 0 Å². The molecule has 1 aromatic heterocycles. The summed E-state index contributed by atoms with van der Waals surface area (Å²) < 4.78 is 2.18. The molecule has 1 aromatic carbocycles. The van der Waals surface area contributed by atoms with Gasteiger partial charge in [-0.15, -0.1) is 0 Å². The topological polar surface area (TPSA) is 43.8 Å². The van der Waals surface area contributed by atoms with Crippen LogP contribution in [0, 0.1) is 20.8 Å². The van der Waals surface area contributed by atoms with Crippen molar-refractivity contribution in [2.24, 2.45) is 5.73 Å². The number of hydrogen-bond acceptors (Lipinski definition) is 2. The fourth-order valence-corrected chi connectivity index (χ4v) is 2.37. The lowest BCUT2D eigenvalue weighted by atomic mass is 9.99. The van der Waals surface area contributed by atoms with E-state index in [0.29, 0.717) is 0 Å². The first-order valence-electron chi connectivity index (χ1n) is 6.33. The van der Waals surface area contributed by atoms with Crippen LogP contribution in [0.2, 0.25) is 0 Å². The predicted octanol–water partition coefficient (Wildman–Crippen LogP) is 2.74. The lowest BCUT2D eigenvalue weighted by molar-refractivity contribution is 0.487. The minimum Gasteiger partial charge on any atom is -0.326 e. The van der Waals surface area contributed by atoms with Gasteiger partial charge in [-0.1, -0.05) is 29.8 Å². The van der Waals surface area contributed by atoms with Gasteiger partial charge in [-0.05, 0) is 33.3 Å². The summed E-state index contributed by atoms with van der Waals surface area (Å²) in [6.45, 7) is 8.27. The fourth-order valence-electron chi connectivity index (χ4n) is 2.37. The van der Waals surface area contributed by atoms with Crippen LogP contribution >= 0.6 is 0 Å². The Morgan fingerprint density at radius 1 is 1.22 bits per heavy atom. The molecule has 2 unspecified atom stereocenters. The van der Waals surface area contributed by atoms with Crippen LogP contribution in [0.15, 0.2) is 30.6 Å². The third kappa shape index (κ3) is 2.31. The molecular weight excluding hydrogens is 222 g/mol. The van der Waals surface area contributed by atoms with E-state index in [1.807, 2.05) is 20.2 Å². The lowest BCUT2D eigenvalue weighted by Gasteiger charge is -2.24. The van der Waals surface area contributed by atoms with Crippen molar-refractivity contribution < 1.29 is 0 Å². The summed E-state index contributed by atoms with van der Waals surface area (Å²) in [4.78, 5) is 4.37. The molecule has 0 radical (unpaired) electrons. The SMILES string of the molecule is Cc1cccc(C(C(C)N)n2cnc(C)c2C)c1. The Balaban J connectivity index is 2.50. The molecule has 0 bridgehead atoms. The summed E-state index contributed by atoms with van der Waals surface area (Å²) >= 11 is 0. The molecule has 2 rings (SSSR count). The summed E-state index contributed by atoms with van der Waals surface area (Å²) in [7, 11) is 0. The number of benzene rings is 1. The molecule has 2 atom stereocenters. The molecular formula is C15H21N3. The summed E-state index contributed by atoms with van der Waals surface area (Å²) in [5, 5.41) is 0. The quantitative estimate of drug-likeness (QED) is 0.900. The highest BCUT2D eigenvalue weighted by atomic mass is 15.1. The van der Waals surface area contributed by atoms with E-state index in [4.69, 9.17) is 5.73 Å². The van der Waals surface area contributed by atoms with Crippen LogP contribution in [0.3, 0.4) is 0 Å². The van der Waals surface area contributed by atoms with Crippen LogP contribution in [0.1, 0.15) is 35.5 Å². The summed E-state index contributed by atoms with van der Waals surface area (Å²) in [6.07, 6.45) is 1.89. The van der Waals surface area contributed by atoms with E-state index in [9.17, 15) is 0 Å². The van der Waals surface area contributed by atoms with Crippen molar-refractivity contribution in [1.29, 1.82) is 0 Å². The average Bonchev–Trinajstić information content (AvgIpc) is 2.61. The third-order valence-electron chi connectivity index (χ3n) is 3.47. The Hall–Kier alpha value is -1.61. The second-order valence-corrected chi connectivity index (χ2v) is 5.04. The molecule has 0 aliphatic carbocycles. The Morgan fingerprint density at radius 3 is 2.44 bits per heavy atom. The second kappa shape index (κ2) is 4.94. The maximum absolute atomic E-state index is 6.18. The van der Waals surface area contributed by atoms with Gasteiger partial charge in [-0.25, -0.2) is 4.98 Å². The van der Waals surface area contributed by atoms with Crippen LogP contribution in [-0.2, 0) is 0 Å². The van der Waals surface area contributed by atoms with E-state index in [-0.39, 0.29) is 12.1 Å². The molecule has 0 aliphatic heterocycles. The minimum absolute atomic E-state index is 0.0408. The third-order valence-corrected chi connectivity index (χ3v) is 3.47. The molecule has 0 spiro atoms. The van der Waals surface area contributed by atoms with E-state index in [1.54, 1.807) is 0 Å². The first kappa shape index (κ1) is 12.8. The highest BCUT2D eigenvalue weighted by molar-refractivity contribution is 5.28. The largest absolute Gasteiger partial charge is 0.326 e. The number of nitrogens with two attached hydrogens (primary N) is 1. The Bertz CT molecular complexity index is 540. The number of aryl methyl sites for hydroxylation is 2. The van der Waals surface area contributed by atoms with E-state index < -0.39 is 0 Å². The fraction of sp³-hybridized carbons (Fsp3) is 0.400. The van der Waals surface area contributed by atoms with Gasteiger partial charge in [-0.2, -0.15) is 0 Å². The van der Waals surface area contributed by atoms with Crippen molar-refractivity contribution in [2.75, 3.05) is 0 Å². The van der Waals surface area contributed by atoms with Crippen LogP contribution < -0.4 is 5.73 Å².